The number of nitrogens with one attached hydrogen (secondary N) is 1. The molecule has 2 rings (SSSR count). The third-order valence-corrected chi connectivity index (χ3v) is 3.21. The number of halogens is 1. The van der Waals surface area contributed by atoms with Crippen LogP contribution >= 0.6 is 11.6 Å². The molecule has 1 unspecified atom stereocenters. The molecule has 2 N–H and O–H groups in total. The molecule has 1 amide bonds. The van der Waals surface area contributed by atoms with Crippen molar-refractivity contribution in [3.63, 3.8) is 0 Å². The molecule has 108 valence electrons. The fourth-order valence-corrected chi connectivity index (χ4v) is 2.20. The highest BCUT2D eigenvalue weighted by Gasteiger charge is 2.30. The SMILES string of the molecule is O=C(CN1CCOCC1C(=O)O)Nc1cccc(Cl)c1. The zero-order valence-electron chi connectivity index (χ0n) is 10.7. The van der Waals surface area contributed by atoms with E-state index in [4.69, 9.17) is 21.4 Å². The number of carboxylic acids is 1. The number of anilines is 1. The van der Waals surface area contributed by atoms with E-state index in [0.29, 0.717) is 23.9 Å². The van der Waals surface area contributed by atoms with Gasteiger partial charge in [-0.25, -0.2) is 0 Å². The lowest BCUT2D eigenvalue weighted by atomic mass is 10.2. The number of aliphatic carboxylic acids is 1. The highest BCUT2D eigenvalue weighted by atomic mass is 35.5. The number of benzene rings is 1. The maximum absolute atomic E-state index is 11.9. The smallest absolute Gasteiger partial charge is 0.323 e. The summed E-state index contributed by atoms with van der Waals surface area (Å²) in [4.78, 5) is 24.6. The molecule has 0 spiro atoms. The second-order valence-corrected chi connectivity index (χ2v) is 4.89. The predicted octanol–water partition coefficient (Wildman–Crippen LogP) is 1.06. The fourth-order valence-electron chi connectivity index (χ4n) is 2.01. The van der Waals surface area contributed by atoms with Crippen LogP contribution in [0.25, 0.3) is 0 Å². The number of amides is 1. The van der Waals surface area contributed by atoms with Gasteiger partial charge in [-0.2, -0.15) is 0 Å². The number of morpholine rings is 1. The summed E-state index contributed by atoms with van der Waals surface area (Å²) in [5, 5.41) is 12.3. The molecule has 1 aromatic carbocycles. The van der Waals surface area contributed by atoms with Gasteiger partial charge in [-0.3, -0.25) is 14.5 Å². The third-order valence-electron chi connectivity index (χ3n) is 2.98. The lowest BCUT2D eigenvalue weighted by molar-refractivity contribution is -0.150. The van der Waals surface area contributed by atoms with Crippen molar-refractivity contribution < 1.29 is 19.4 Å². The summed E-state index contributed by atoms with van der Waals surface area (Å²) in [5.74, 6) is -1.26. The molecule has 1 aliphatic heterocycles. The highest BCUT2D eigenvalue weighted by molar-refractivity contribution is 6.30. The van der Waals surface area contributed by atoms with E-state index in [2.05, 4.69) is 5.32 Å². The maximum atomic E-state index is 11.9. The summed E-state index contributed by atoms with van der Waals surface area (Å²) in [6, 6.07) is 6.01. The monoisotopic (exact) mass is 298 g/mol. The molecule has 7 heteroatoms. The van der Waals surface area contributed by atoms with Gasteiger partial charge in [-0.1, -0.05) is 17.7 Å². The van der Waals surface area contributed by atoms with Crippen LogP contribution in [0.4, 0.5) is 5.69 Å². The van der Waals surface area contributed by atoms with Gasteiger partial charge in [0.25, 0.3) is 0 Å². The van der Waals surface area contributed by atoms with Crippen LogP contribution in [0.5, 0.6) is 0 Å². The summed E-state index contributed by atoms with van der Waals surface area (Å²) in [6.45, 7) is 0.945. The van der Waals surface area contributed by atoms with Crippen molar-refractivity contribution >= 4 is 29.2 Å². The molecule has 6 nitrogen and oxygen atoms in total. The normalized spacial score (nSPS) is 19.6. The van der Waals surface area contributed by atoms with E-state index in [0.717, 1.165) is 0 Å². The summed E-state index contributed by atoms with van der Waals surface area (Å²) in [5.41, 5.74) is 0.586. The molecule has 20 heavy (non-hydrogen) atoms. The van der Waals surface area contributed by atoms with E-state index in [1.807, 2.05) is 0 Å². The van der Waals surface area contributed by atoms with Gasteiger partial charge in [0, 0.05) is 17.3 Å². The quantitative estimate of drug-likeness (QED) is 0.869. The van der Waals surface area contributed by atoms with Crippen molar-refractivity contribution in [1.82, 2.24) is 4.90 Å². The van der Waals surface area contributed by atoms with Crippen molar-refractivity contribution in [1.29, 1.82) is 0 Å². The predicted molar refractivity (Wildman–Crippen MR) is 73.9 cm³/mol. The van der Waals surface area contributed by atoms with Crippen LogP contribution in [0.2, 0.25) is 5.02 Å². The Kier molecular flexibility index (Phi) is 4.94. The van der Waals surface area contributed by atoms with Crippen LogP contribution in [-0.4, -0.2) is 54.2 Å². The van der Waals surface area contributed by atoms with Crippen LogP contribution in [0, 0.1) is 0 Å². The molecule has 0 bridgehead atoms. The van der Waals surface area contributed by atoms with Crippen molar-refractivity contribution in [3.8, 4) is 0 Å². The minimum atomic E-state index is -0.986. The average Bonchev–Trinajstić information content (AvgIpc) is 2.38. The largest absolute Gasteiger partial charge is 0.480 e. The van der Waals surface area contributed by atoms with Gasteiger partial charge in [0.1, 0.15) is 6.04 Å². The number of carboxylic acid groups (broad SMARTS) is 1. The molecule has 1 aliphatic rings. The number of hydrogen-bond acceptors (Lipinski definition) is 4. The zero-order valence-corrected chi connectivity index (χ0v) is 11.5. The maximum Gasteiger partial charge on any atom is 0.323 e. The van der Waals surface area contributed by atoms with E-state index in [-0.39, 0.29) is 19.1 Å². The van der Waals surface area contributed by atoms with E-state index < -0.39 is 12.0 Å². The molecule has 1 aromatic rings. The highest BCUT2D eigenvalue weighted by Crippen LogP contribution is 2.15. The van der Waals surface area contributed by atoms with E-state index in [1.54, 1.807) is 29.2 Å². The van der Waals surface area contributed by atoms with Gasteiger partial charge in [-0.05, 0) is 18.2 Å². The van der Waals surface area contributed by atoms with E-state index >= 15 is 0 Å². The lowest BCUT2D eigenvalue weighted by Gasteiger charge is -2.32. The molecular formula is C13H15ClN2O4. The van der Waals surface area contributed by atoms with Gasteiger partial charge < -0.3 is 15.2 Å². The number of carbonyl (C=O) groups is 2. The van der Waals surface area contributed by atoms with E-state index in [9.17, 15) is 9.59 Å². The lowest BCUT2D eigenvalue weighted by Crippen LogP contribution is -2.52. The Morgan fingerprint density at radius 1 is 1.50 bits per heavy atom. The molecule has 1 saturated heterocycles. The number of rotatable bonds is 4. The summed E-state index contributed by atoms with van der Waals surface area (Å²) >= 11 is 5.83. The fraction of sp³-hybridized carbons (Fsp3) is 0.385. The molecule has 0 saturated carbocycles. The summed E-state index contributed by atoms with van der Waals surface area (Å²) in [7, 11) is 0. The van der Waals surface area contributed by atoms with Crippen molar-refractivity contribution in [3.05, 3.63) is 29.3 Å². The molecular weight excluding hydrogens is 284 g/mol. The third kappa shape index (κ3) is 3.93. The van der Waals surface area contributed by atoms with Gasteiger partial charge in [0.15, 0.2) is 0 Å². The minimum Gasteiger partial charge on any atom is -0.480 e. The van der Waals surface area contributed by atoms with Crippen molar-refractivity contribution in [2.75, 3.05) is 31.6 Å². The zero-order chi connectivity index (χ0) is 14.5. The molecule has 1 atom stereocenters. The summed E-state index contributed by atoms with van der Waals surface area (Å²) in [6.07, 6.45) is 0. The molecule has 1 heterocycles. The standard InChI is InChI=1S/C13H15ClN2O4/c14-9-2-1-3-10(6-9)15-12(17)7-16-4-5-20-8-11(16)13(18)19/h1-3,6,11H,4-5,7-8H2,(H,15,17)(H,18,19). The van der Waals surface area contributed by atoms with Crippen LogP contribution in [0.1, 0.15) is 0 Å². The first-order chi connectivity index (χ1) is 9.56. The van der Waals surface area contributed by atoms with Crippen LogP contribution in [0.15, 0.2) is 24.3 Å². The first-order valence-electron chi connectivity index (χ1n) is 6.16. The van der Waals surface area contributed by atoms with Crippen LogP contribution in [0.3, 0.4) is 0 Å². The second kappa shape index (κ2) is 6.69. The topological polar surface area (TPSA) is 78.9 Å². The Balaban J connectivity index is 1.94. The number of carbonyl (C=O) groups excluding carboxylic acids is 1. The number of nitrogens with zero attached hydrogens (tertiary/aromatic N) is 1. The summed E-state index contributed by atoms with van der Waals surface area (Å²) < 4.78 is 5.12. The van der Waals surface area contributed by atoms with Crippen molar-refractivity contribution in [2.45, 2.75) is 6.04 Å². The van der Waals surface area contributed by atoms with E-state index in [1.165, 1.54) is 0 Å². The number of ether oxygens (including phenoxy) is 1. The van der Waals surface area contributed by atoms with Crippen LogP contribution < -0.4 is 5.32 Å². The number of hydrogen-bond donors (Lipinski definition) is 2. The van der Waals surface area contributed by atoms with Crippen molar-refractivity contribution in [2.24, 2.45) is 0 Å². The molecule has 1 fully saturated rings. The first-order valence-corrected chi connectivity index (χ1v) is 6.54. The van der Waals surface area contributed by atoms with Gasteiger partial charge in [-0.15, -0.1) is 0 Å². The van der Waals surface area contributed by atoms with Gasteiger partial charge in [0.05, 0.1) is 19.8 Å². The Morgan fingerprint density at radius 2 is 2.30 bits per heavy atom. The average molecular weight is 299 g/mol. The first kappa shape index (κ1) is 14.8. The Morgan fingerprint density at radius 3 is 3.00 bits per heavy atom. The Labute approximate surface area is 121 Å². The Bertz CT molecular complexity index is 509. The second-order valence-electron chi connectivity index (χ2n) is 4.46. The minimum absolute atomic E-state index is 0.00679. The van der Waals surface area contributed by atoms with Gasteiger partial charge in [0.2, 0.25) is 5.91 Å². The Hall–Kier alpha value is -1.63. The molecule has 0 radical (unpaired) electrons. The van der Waals surface area contributed by atoms with Crippen LogP contribution in [-0.2, 0) is 14.3 Å². The molecule has 0 aromatic heterocycles. The van der Waals surface area contributed by atoms with Gasteiger partial charge >= 0.3 is 5.97 Å². The molecule has 0 aliphatic carbocycles.